The van der Waals surface area contributed by atoms with Gasteiger partial charge < -0.3 is 13.7 Å². The van der Waals surface area contributed by atoms with Crippen LogP contribution in [0.15, 0.2) is 221 Å². The second-order valence-electron chi connectivity index (χ2n) is 15.2. The maximum atomic E-state index is 6.72. The molecule has 0 radical (unpaired) electrons. The summed E-state index contributed by atoms with van der Waals surface area (Å²) in [6.45, 7) is 0. The van der Waals surface area contributed by atoms with Gasteiger partial charge >= 0.3 is 0 Å². The molecule has 0 saturated carbocycles. The van der Waals surface area contributed by atoms with E-state index < -0.39 is 5.41 Å². The van der Waals surface area contributed by atoms with Crippen LogP contribution in [-0.2, 0) is 5.41 Å². The molecule has 0 unspecified atom stereocenters. The van der Waals surface area contributed by atoms with E-state index in [9.17, 15) is 0 Å². The zero-order valence-electron chi connectivity index (χ0n) is 31.5. The van der Waals surface area contributed by atoms with E-state index in [-0.39, 0.29) is 0 Å². The van der Waals surface area contributed by atoms with Gasteiger partial charge in [-0.15, -0.1) is 0 Å². The quantitative estimate of drug-likeness (QED) is 0.170. The fourth-order valence-electron chi connectivity index (χ4n) is 9.57. The van der Waals surface area contributed by atoms with Crippen LogP contribution in [0.4, 0.5) is 17.1 Å². The molecule has 0 saturated heterocycles. The van der Waals surface area contributed by atoms with Crippen molar-refractivity contribution >= 4 is 60.9 Å². The number of hydrogen-bond acceptors (Lipinski definition) is 3. The van der Waals surface area contributed by atoms with E-state index in [1.165, 1.54) is 33.4 Å². The first-order valence-electron chi connectivity index (χ1n) is 19.8. The molecule has 3 heteroatoms. The fourth-order valence-corrected chi connectivity index (χ4v) is 9.57. The zero-order valence-corrected chi connectivity index (χ0v) is 31.5. The van der Waals surface area contributed by atoms with Crippen LogP contribution in [0, 0.1) is 0 Å². The molecule has 2 aromatic heterocycles. The van der Waals surface area contributed by atoms with Crippen molar-refractivity contribution in [3.63, 3.8) is 0 Å². The minimum atomic E-state index is -0.472. The van der Waals surface area contributed by atoms with E-state index in [0.717, 1.165) is 72.1 Å². The normalized spacial score (nSPS) is 13.0. The lowest BCUT2D eigenvalue weighted by molar-refractivity contribution is 0.666. The number of para-hydroxylation sites is 2. The molecule has 0 amide bonds. The molecule has 0 atom stereocenters. The molecular formula is C55H35NO2. The fraction of sp³-hybridized carbons (Fsp3) is 0.0182. The Balaban J connectivity index is 0.974. The molecule has 2 heterocycles. The Morgan fingerprint density at radius 3 is 1.60 bits per heavy atom. The van der Waals surface area contributed by atoms with Gasteiger partial charge in [-0.25, -0.2) is 0 Å². The van der Waals surface area contributed by atoms with E-state index in [1.807, 2.05) is 12.1 Å². The van der Waals surface area contributed by atoms with Gasteiger partial charge in [-0.3, -0.25) is 0 Å². The van der Waals surface area contributed by atoms with Crippen LogP contribution in [0.2, 0.25) is 0 Å². The molecular weight excluding hydrogens is 707 g/mol. The van der Waals surface area contributed by atoms with Crippen LogP contribution in [0.25, 0.3) is 66.1 Å². The maximum Gasteiger partial charge on any atom is 0.135 e. The first-order chi connectivity index (χ1) is 28.7. The first-order valence-corrected chi connectivity index (χ1v) is 19.8. The third-order valence-electron chi connectivity index (χ3n) is 12.1. The second kappa shape index (κ2) is 12.7. The van der Waals surface area contributed by atoms with Crippen molar-refractivity contribution in [3.8, 4) is 22.3 Å². The van der Waals surface area contributed by atoms with E-state index in [0.29, 0.717) is 0 Å². The highest BCUT2D eigenvalue weighted by Crippen LogP contribution is 2.57. The topological polar surface area (TPSA) is 29.5 Å². The van der Waals surface area contributed by atoms with Crippen molar-refractivity contribution in [2.75, 3.05) is 4.90 Å². The highest BCUT2D eigenvalue weighted by molar-refractivity contribution is 6.10. The molecule has 1 aliphatic carbocycles. The van der Waals surface area contributed by atoms with E-state index in [4.69, 9.17) is 8.83 Å². The minimum absolute atomic E-state index is 0.472. The zero-order chi connectivity index (χ0) is 38.2. The Hall–Kier alpha value is -7.62. The number of rotatable bonds is 6. The van der Waals surface area contributed by atoms with Gasteiger partial charge in [-0.1, -0.05) is 140 Å². The third-order valence-corrected chi connectivity index (χ3v) is 12.1. The predicted molar refractivity (Wildman–Crippen MR) is 238 cm³/mol. The summed E-state index contributed by atoms with van der Waals surface area (Å²) in [5.41, 5.74) is 16.1. The van der Waals surface area contributed by atoms with E-state index in [2.05, 4.69) is 205 Å². The standard InChI is InChI=1S/C55H35NO2/c1-4-14-38(15-5-1)55(39-16-6-2-7-17-39)49-22-12-10-20-43(49)45-34-48-46-32-37(26-30-52(46)58-54(48)35-50(45)55)36-24-27-41(28-25-36)56(40-18-8-3-9-19-40)42-29-31-53-47(33-42)44-21-11-13-23-51(44)57-53/h1-35H. The molecule has 0 aliphatic heterocycles. The van der Waals surface area contributed by atoms with E-state index in [1.54, 1.807) is 0 Å². The van der Waals surface area contributed by atoms with Crippen molar-refractivity contribution in [2.45, 2.75) is 5.41 Å². The lowest BCUT2D eigenvalue weighted by atomic mass is 9.67. The van der Waals surface area contributed by atoms with Crippen molar-refractivity contribution in [1.29, 1.82) is 0 Å². The second-order valence-corrected chi connectivity index (χ2v) is 15.2. The smallest absolute Gasteiger partial charge is 0.135 e. The van der Waals surface area contributed by atoms with Crippen LogP contribution in [0.1, 0.15) is 22.3 Å². The number of furan rings is 2. The lowest BCUT2D eigenvalue weighted by Crippen LogP contribution is -2.28. The van der Waals surface area contributed by atoms with Crippen LogP contribution < -0.4 is 4.90 Å². The number of fused-ring (bicyclic) bond motifs is 9. The SMILES string of the molecule is c1ccc(N(c2ccc(-c3ccc4oc5cc6c(cc5c4c3)-c3ccccc3C6(c3ccccc3)c3ccccc3)cc2)c2ccc3oc4ccccc4c3c2)cc1. The summed E-state index contributed by atoms with van der Waals surface area (Å²) in [7, 11) is 0. The average molecular weight is 742 g/mol. The van der Waals surface area contributed by atoms with Crippen molar-refractivity contribution in [1.82, 2.24) is 0 Å². The summed E-state index contributed by atoms with van der Waals surface area (Å²) in [6.07, 6.45) is 0. The molecule has 0 bridgehead atoms. The summed E-state index contributed by atoms with van der Waals surface area (Å²) in [5, 5.41) is 4.45. The number of nitrogens with zero attached hydrogens (tertiary/aromatic N) is 1. The summed E-state index contributed by atoms with van der Waals surface area (Å²) in [6, 6.07) is 76.1. The van der Waals surface area contributed by atoms with Gasteiger partial charge in [-0.05, 0) is 117 Å². The summed E-state index contributed by atoms with van der Waals surface area (Å²) in [4.78, 5) is 2.31. The average Bonchev–Trinajstić information content (AvgIpc) is 3.94. The third kappa shape index (κ3) is 4.80. The first kappa shape index (κ1) is 32.6. The van der Waals surface area contributed by atoms with Crippen molar-refractivity contribution in [2.24, 2.45) is 0 Å². The Kier molecular flexibility index (Phi) is 7.14. The Morgan fingerprint density at radius 1 is 0.310 bits per heavy atom. The van der Waals surface area contributed by atoms with Gasteiger partial charge in [0.15, 0.2) is 0 Å². The number of benzene rings is 9. The minimum Gasteiger partial charge on any atom is -0.456 e. The molecule has 9 aromatic carbocycles. The summed E-state index contributed by atoms with van der Waals surface area (Å²) < 4.78 is 12.9. The lowest BCUT2D eigenvalue weighted by Gasteiger charge is -2.33. The highest BCUT2D eigenvalue weighted by Gasteiger charge is 2.46. The number of anilines is 3. The predicted octanol–water partition coefficient (Wildman–Crippen LogP) is 15.0. The van der Waals surface area contributed by atoms with Crippen LogP contribution >= 0.6 is 0 Å². The molecule has 58 heavy (non-hydrogen) atoms. The Labute approximate surface area is 335 Å². The number of hydrogen-bond donors (Lipinski definition) is 0. The molecule has 0 N–H and O–H groups in total. The summed E-state index contributed by atoms with van der Waals surface area (Å²) in [5.74, 6) is 0. The molecule has 0 fully saturated rings. The monoisotopic (exact) mass is 741 g/mol. The van der Waals surface area contributed by atoms with Gasteiger partial charge in [0.05, 0.1) is 5.41 Å². The highest BCUT2D eigenvalue weighted by atomic mass is 16.3. The van der Waals surface area contributed by atoms with Gasteiger partial charge in [0, 0.05) is 38.6 Å². The Bertz CT molecular complexity index is 3290. The van der Waals surface area contributed by atoms with Crippen LogP contribution in [0.5, 0.6) is 0 Å². The van der Waals surface area contributed by atoms with E-state index >= 15 is 0 Å². The molecule has 0 spiro atoms. The van der Waals surface area contributed by atoms with Gasteiger partial charge in [0.2, 0.25) is 0 Å². The maximum absolute atomic E-state index is 6.72. The molecule has 11 aromatic rings. The Morgan fingerprint density at radius 2 is 0.845 bits per heavy atom. The largest absolute Gasteiger partial charge is 0.456 e. The molecule has 272 valence electrons. The van der Waals surface area contributed by atoms with Crippen molar-refractivity contribution < 1.29 is 8.83 Å². The summed E-state index contributed by atoms with van der Waals surface area (Å²) >= 11 is 0. The molecule has 3 nitrogen and oxygen atoms in total. The van der Waals surface area contributed by atoms with Crippen molar-refractivity contribution in [3.05, 3.63) is 235 Å². The molecule has 1 aliphatic rings. The van der Waals surface area contributed by atoms with Gasteiger partial charge in [0.1, 0.15) is 22.3 Å². The van der Waals surface area contributed by atoms with Crippen LogP contribution in [-0.4, -0.2) is 0 Å². The van der Waals surface area contributed by atoms with Crippen LogP contribution in [0.3, 0.4) is 0 Å². The molecule has 12 rings (SSSR count). The van der Waals surface area contributed by atoms with Gasteiger partial charge in [-0.2, -0.15) is 0 Å². The van der Waals surface area contributed by atoms with Gasteiger partial charge in [0.25, 0.3) is 0 Å².